The van der Waals surface area contributed by atoms with E-state index in [2.05, 4.69) is 15.3 Å². The Balaban J connectivity index is 1.38. The van der Waals surface area contributed by atoms with E-state index in [4.69, 9.17) is 0 Å². The highest BCUT2D eigenvalue weighted by atomic mass is 16.2. The van der Waals surface area contributed by atoms with E-state index in [0.717, 1.165) is 36.6 Å². The van der Waals surface area contributed by atoms with Crippen molar-refractivity contribution in [3.8, 4) is 0 Å². The Kier molecular flexibility index (Phi) is 4.29. The summed E-state index contributed by atoms with van der Waals surface area (Å²) in [5, 5.41) is 8.73. The number of likely N-dealkylation sites (tertiary alicyclic amines) is 1. The molecule has 1 aromatic carbocycles. The molecule has 0 bridgehead atoms. The monoisotopic (exact) mass is 340 g/mol. The molecule has 2 aromatic rings. The van der Waals surface area contributed by atoms with Crippen LogP contribution < -0.4 is 10.9 Å². The van der Waals surface area contributed by atoms with Crippen molar-refractivity contribution in [2.75, 3.05) is 19.6 Å². The molecule has 1 saturated heterocycles. The quantitative estimate of drug-likeness (QED) is 0.891. The van der Waals surface area contributed by atoms with Crippen LogP contribution in [0.5, 0.6) is 0 Å². The van der Waals surface area contributed by atoms with Crippen molar-refractivity contribution in [1.82, 2.24) is 20.0 Å². The summed E-state index contributed by atoms with van der Waals surface area (Å²) in [5.41, 5.74) is 0.552. The van der Waals surface area contributed by atoms with Crippen molar-refractivity contribution in [2.24, 2.45) is 5.92 Å². The first-order valence-electron chi connectivity index (χ1n) is 9.09. The minimum atomic E-state index is -0.211. The van der Waals surface area contributed by atoms with Crippen LogP contribution in [0.3, 0.4) is 0 Å². The summed E-state index contributed by atoms with van der Waals surface area (Å²) in [7, 11) is 0. The molecule has 132 valence electrons. The number of aryl methyl sites for hydroxylation is 1. The van der Waals surface area contributed by atoms with E-state index in [1.54, 1.807) is 6.07 Å². The lowest BCUT2D eigenvalue weighted by atomic mass is 10.1. The molecule has 6 nitrogen and oxygen atoms in total. The van der Waals surface area contributed by atoms with Gasteiger partial charge in [-0.1, -0.05) is 18.2 Å². The fourth-order valence-corrected chi connectivity index (χ4v) is 3.76. The first-order valence-corrected chi connectivity index (χ1v) is 9.09. The van der Waals surface area contributed by atoms with E-state index < -0.39 is 0 Å². The summed E-state index contributed by atoms with van der Waals surface area (Å²) in [6.45, 7) is 4.75. The second kappa shape index (κ2) is 6.59. The number of carbonyl (C=O) groups is 1. The van der Waals surface area contributed by atoms with Crippen molar-refractivity contribution in [2.45, 2.75) is 38.8 Å². The highest BCUT2D eigenvalue weighted by molar-refractivity contribution is 5.83. The van der Waals surface area contributed by atoms with Gasteiger partial charge >= 0.3 is 0 Å². The molecule has 0 spiro atoms. The molecule has 1 aliphatic heterocycles. The van der Waals surface area contributed by atoms with Crippen LogP contribution in [0.1, 0.15) is 25.0 Å². The number of carbonyl (C=O) groups excluding carboxylic acids is 1. The molecule has 1 saturated carbocycles. The summed E-state index contributed by atoms with van der Waals surface area (Å²) in [4.78, 5) is 27.3. The molecular weight excluding hydrogens is 316 g/mol. The van der Waals surface area contributed by atoms with Crippen molar-refractivity contribution >= 4 is 16.7 Å². The Morgan fingerprint density at radius 3 is 2.76 bits per heavy atom. The lowest BCUT2D eigenvalue weighted by Gasteiger charge is -2.15. The molecule has 1 amide bonds. The van der Waals surface area contributed by atoms with Crippen LogP contribution in [0.2, 0.25) is 0 Å². The largest absolute Gasteiger partial charge is 0.354 e. The maximum atomic E-state index is 12.5. The van der Waals surface area contributed by atoms with Gasteiger partial charge < -0.3 is 10.2 Å². The summed E-state index contributed by atoms with van der Waals surface area (Å²) in [6.07, 6.45) is 3.80. The van der Waals surface area contributed by atoms with Gasteiger partial charge in [0, 0.05) is 24.5 Å². The number of hydrogen-bond acceptors (Lipinski definition) is 4. The fourth-order valence-electron chi connectivity index (χ4n) is 3.76. The van der Waals surface area contributed by atoms with E-state index in [9.17, 15) is 9.59 Å². The van der Waals surface area contributed by atoms with Gasteiger partial charge in [-0.3, -0.25) is 9.59 Å². The molecule has 1 atom stereocenters. The molecule has 1 N–H and O–H groups in total. The predicted octanol–water partition coefficient (Wildman–Crippen LogP) is 1.31. The Bertz CT molecular complexity index is 856. The average molecular weight is 340 g/mol. The molecule has 2 heterocycles. The van der Waals surface area contributed by atoms with Crippen LogP contribution in [-0.2, 0) is 11.3 Å². The van der Waals surface area contributed by atoms with Gasteiger partial charge in [-0.25, -0.2) is 4.68 Å². The maximum Gasteiger partial charge on any atom is 0.275 e. The smallest absolute Gasteiger partial charge is 0.275 e. The lowest BCUT2D eigenvalue weighted by molar-refractivity contribution is -0.122. The van der Waals surface area contributed by atoms with Crippen LogP contribution in [0.15, 0.2) is 29.1 Å². The van der Waals surface area contributed by atoms with Crippen LogP contribution in [0.25, 0.3) is 10.8 Å². The zero-order valence-corrected chi connectivity index (χ0v) is 14.6. The van der Waals surface area contributed by atoms with Crippen molar-refractivity contribution in [3.63, 3.8) is 0 Å². The Hall–Kier alpha value is -2.21. The number of amides is 1. The fraction of sp³-hybridized carbons (Fsp3) is 0.526. The Morgan fingerprint density at radius 2 is 2.00 bits per heavy atom. The van der Waals surface area contributed by atoms with E-state index in [0.29, 0.717) is 17.8 Å². The third kappa shape index (κ3) is 3.44. The molecule has 4 rings (SSSR count). The van der Waals surface area contributed by atoms with Gasteiger partial charge in [0.2, 0.25) is 5.91 Å². The molecule has 2 fully saturated rings. The minimum absolute atomic E-state index is 0.0242. The summed E-state index contributed by atoms with van der Waals surface area (Å²) >= 11 is 0. The van der Waals surface area contributed by atoms with Crippen LogP contribution in [0.4, 0.5) is 0 Å². The zero-order chi connectivity index (χ0) is 17.4. The average Bonchev–Trinajstić information content (AvgIpc) is 3.36. The van der Waals surface area contributed by atoms with Crippen molar-refractivity contribution < 1.29 is 4.79 Å². The van der Waals surface area contributed by atoms with Crippen molar-refractivity contribution in [1.29, 1.82) is 0 Å². The topological polar surface area (TPSA) is 67.2 Å². The standard InChI is InChI=1S/C19H24N4O2/c1-13-16-4-2-3-5-17(16)19(25)23(21-13)12-18(24)20-10-14-8-9-22(11-14)15-6-7-15/h2-5,14-15H,6-12H2,1H3,(H,20,24)/t14-/m0/s1. The number of rotatable bonds is 5. The van der Waals surface area contributed by atoms with Gasteiger partial charge in [0.15, 0.2) is 0 Å². The molecule has 1 aromatic heterocycles. The van der Waals surface area contributed by atoms with Gasteiger partial charge in [-0.05, 0) is 44.7 Å². The third-order valence-electron chi connectivity index (χ3n) is 5.31. The zero-order valence-electron chi connectivity index (χ0n) is 14.6. The van der Waals surface area contributed by atoms with Gasteiger partial charge in [0.05, 0.1) is 11.1 Å². The predicted molar refractivity (Wildman–Crippen MR) is 96.5 cm³/mol. The highest BCUT2D eigenvalue weighted by Gasteiger charge is 2.34. The highest BCUT2D eigenvalue weighted by Crippen LogP contribution is 2.31. The first kappa shape index (κ1) is 16.3. The second-order valence-electron chi connectivity index (χ2n) is 7.28. The molecule has 25 heavy (non-hydrogen) atoms. The Morgan fingerprint density at radius 1 is 1.24 bits per heavy atom. The van der Waals surface area contributed by atoms with Gasteiger partial charge in [0.25, 0.3) is 5.56 Å². The maximum absolute atomic E-state index is 12.5. The number of hydrogen-bond donors (Lipinski definition) is 1. The Labute approximate surface area is 146 Å². The molecular formula is C19H24N4O2. The molecule has 2 aliphatic rings. The number of nitrogens with zero attached hydrogens (tertiary/aromatic N) is 3. The van der Waals surface area contributed by atoms with Gasteiger partial charge in [-0.15, -0.1) is 0 Å². The van der Waals surface area contributed by atoms with Gasteiger partial charge in [0.1, 0.15) is 6.54 Å². The van der Waals surface area contributed by atoms with Crippen LogP contribution >= 0.6 is 0 Å². The number of fused-ring (bicyclic) bond motifs is 1. The van der Waals surface area contributed by atoms with Crippen LogP contribution in [-0.4, -0.2) is 46.3 Å². The van der Waals surface area contributed by atoms with Crippen LogP contribution in [0, 0.1) is 12.8 Å². The van der Waals surface area contributed by atoms with E-state index in [1.807, 2.05) is 25.1 Å². The minimum Gasteiger partial charge on any atom is -0.354 e. The van der Waals surface area contributed by atoms with E-state index in [-0.39, 0.29) is 18.0 Å². The first-order chi connectivity index (χ1) is 12.1. The van der Waals surface area contributed by atoms with Gasteiger partial charge in [-0.2, -0.15) is 5.10 Å². The van der Waals surface area contributed by atoms with Crippen molar-refractivity contribution in [3.05, 3.63) is 40.3 Å². The summed E-state index contributed by atoms with van der Waals surface area (Å²) in [5.74, 6) is 0.377. The lowest BCUT2D eigenvalue weighted by Crippen LogP contribution is -2.37. The summed E-state index contributed by atoms with van der Waals surface area (Å²) < 4.78 is 1.28. The normalized spacial score (nSPS) is 20.9. The number of nitrogens with one attached hydrogen (secondary N) is 1. The number of benzene rings is 1. The summed E-state index contributed by atoms with van der Waals surface area (Å²) in [6, 6.07) is 8.18. The molecule has 0 unspecified atom stereocenters. The molecule has 1 aliphatic carbocycles. The third-order valence-corrected chi connectivity index (χ3v) is 5.31. The number of aromatic nitrogens is 2. The second-order valence-corrected chi connectivity index (χ2v) is 7.28. The molecule has 6 heteroatoms. The van der Waals surface area contributed by atoms with E-state index in [1.165, 1.54) is 17.5 Å². The molecule has 0 radical (unpaired) electrons. The SMILES string of the molecule is Cc1nn(CC(=O)NC[C@@H]2CCN(C3CC3)C2)c(=O)c2ccccc12. The van der Waals surface area contributed by atoms with E-state index >= 15 is 0 Å².